The number of rotatable bonds is 11. The number of ether oxygens (including phenoxy) is 2. The Hall–Kier alpha value is -3.34. The van der Waals surface area contributed by atoms with Crippen molar-refractivity contribution in [2.75, 3.05) is 18.2 Å². The molecule has 0 aliphatic heterocycles. The Kier molecular flexibility index (Phi) is 9.69. The van der Waals surface area contributed by atoms with Crippen LogP contribution in [0.3, 0.4) is 0 Å². The molecular weight excluding hydrogens is 454 g/mol. The van der Waals surface area contributed by atoms with Crippen LogP contribution in [-0.2, 0) is 21.5 Å². The first-order valence-corrected chi connectivity index (χ1v) is 12.5. The zero-order chi connectivity index (χ0) is 27.1. The lowest BCUT2D eigenvalue weighted by molar-refractivity contribution is -0.155. The van der Waals surface area contributed by atoms with E-state index in [1.54, 1.807) is 7.11 Å². The number of benzene rings is 1. The molecule has 0 radical (unpaired) electrons. The molecular formula is C28H41N5O3. The van der Waals surface area contributed by atoms with Crippen LogP contribution in [0.5, 0.6) is 5.75 Å². The quantitative estimate of drug-likeness (QED) is 0.299. The molecule has 0 aliphatic carbocycles. The van der Waals surface area contributed by atoms with Gasteiger partial charge in [0.1, 0.15) is 17.2 Å². The van der Waals surface area contributed by atoms with Gasteiger partial charge in [-0.3, -0.25) is 4.79 Å². The summed E-state index contributed by atoms with van der Waals surface area (Å²) in [4.78, 5) is 25.3. The van der Waals surface area contributed by atoms with Crippen molar-refractivity contribution in [1.29, 1.82) is 0 Å². The minimum Gasteiger partial charge on any atom is -0.496 e. The standard InChI is InChI=1S/C28H41N5O3/c1-10-11-12-21(17-24(34)36-27(3,4)5)32-25-22(18(2)31-26(29)33-25)16-19-15-20(28(6,7)30-8)13-14-23(19)35-9/h13-15,21H,10-12,16-17H2,1-7,9H3,(H3,29,31,32,33)/t21-/m0/s1. The molecule has 8 nitrogen and oxygen atoms in total. The number of aromatic nitrogens is 2. The second-order valence-corrected chi connectivity index (χ2v) is 10.6. The number of nitrogens with two attached hydrogens (primary N) is 1. The number of unbranched alkanes of at least 4 members (excludes halogenated alkanes) is 1. The first-order chi connectivity index (χ1) is 16.8. The number of hydrogen-bond acceptors (Lipinski definition) is 7. The zero-order valence-corrected chi connectivity index (χ0v) is 23.0. The van der Waals surface area contributed by atoms with E-state index in [-0.39, 0.29) is 24.4 Å². The van der Waals surface area contributed by atoms with Crippen molar-refractivity contribution in [3.8, 4) is 5.75 Å². The highest BCUT2D eigenvalue weighted by atomic mass is 16.6. The number of anilines is 2. The average Bonchev–Trinajstić information content (AvgIpc) is 2.78. The summed E-state index contributed by atoms with van der Waals surface area (Å²) in [7, 11) is 1.63. The van der Waals surface area contributed by atoms with Crippen LogP contribution in [0.15, 0.2) is 18.2 Å². The van der Waals surface area contributed by atoms with Crippen molar-refractivity contribution in [3.63, 3.8) is 0 Å². The zero-order valence-electron chi connectivity index (χ0n) is 23.0. The van der Waals surface area contributed by atoms with E-state index in [0.29, 0.717) is 12.2 Å². The van der Waals surface area contributed by atoms with Crippen LogP contribution < -0.4 is 15.8 Å². The highest BCUT2D eigenvalue weighted by Crippen LogP contribution is 2.33. The fourth-order valence-corrected chi connectivity index (χ4v) is 3.95. The number of esters is 1. The third-order valence-corrected chi connectivity index (χ3v) is 5.94. The van der Waals surface area contributed by atoms with Gasteiger partial charge in [0.15, 0.2) is 0 Å². The van der Waals surface area contributed by atoms with Crippen molar-refractivity contribution >= 4 is 17.7 Å². The number of hydrogen-bond donors (Lipinski definition) is 2. The van der Waals surface area contributed by atoms with Crippen LogP contribution in [0, 0.1) is 13.5 Å². The molecule has 196 valence electrons. The molecule has 0 spiro atoms. The summed E-state index contributed by atoms with van der Waals surface area (Å²) < 4.78 is 11.2. The van der Waals surface area contributed by atoms with Gasteiger partial charge in [0.25, 0.3) is 5.54 Å². The number of nitrogens with zero attached hydrogens (tertiary/aromatic N) is 3. The lowest BCUT2D eigenvalue weighted by Gasteiger charge is -2.24. The Morgan fingerprint density at radius 2 is 1.92 bits per heavy atom. The largest absolute Gasteiger partial charge is 0.496 e. The van der Waals surface area contributed by atoms with E-state index in [1.165, 1.54) is 0 Å². The number of aryl methyl sites for hydroxylation is 1. The number of carbonyl (C=O) groups excluding carboxylic acids is 1. The van der Waals surface area contributed by atoms with Gasteiger partial charge >= 0.3 is 5.97 Å². The van der Waals surface area contributed by atoms with Crippen LogP contribution in [0.4, 0.5) is 11.8 Å². The van der Waals surface area contributed by atoms with Gasteiger partial charge in [0.2, 0.25) is 5.95 Å². The maximum absolute atomic E-state index is 12.6. The van der Waals surface area contributed by atoms with E-state index < -0.39 is 11.1 Å². The lowest BCUT2D eigenvalue weighted by atomic mass is 9.91. The highest BCUT2D eigenvalue weighted by molar-refractivity contribution is 5.71. The Balaban J connectivity index is 2.46. The summed E-state index contributed by atoms with van der Waals surface area (Å²) in [5, 5.41) is 3.47. The van der Waals surface area contributed by atoms with Crippen molar-refractivity contribution in [2.45, 2.75) is 97.8 Å². The predicted molar refractivity (Wildman–Crippen MR) is 144 cm³/mol. The second kappa shape index (κ2) is 12.1. The number of nitrogen functional groups attached to an aromatic ring is 1. The summed E-state index contributed by atoms with van der Waals surface area (Å²) in [5.41, 5.74) is 8.25. The maximum atomic E-state index is 12.6. The molecule has 36 heavy (non-hydrogen) atoms. The van der Waals surface area contributed by atoms with E-state index >= 15 is 0 Å². The molecule has 3 N–H and O–H groups in total. The van der Waals surface area contributed by atoms with Crippen molar-refractivity contribution in [2.24, 2.45) is 0 Å². The molecule has 2 aromatic rings. The Labute approximate surface area is 215 Å². The summed E-state index contributed by atoms with van der Waals surface area (Å²) in [5.74, 6) is 1.23. The van der Waals surface area contributed by atoms with Crippen LogP contribution in [0.25, 0.3) is 4.85 Å². The van der Waals surface area contributed by atoms with Crippen LogP contribution in [-0.4, -0.2) is 34.7 Å². The van der Waals surface area contributed by atoms with Crippen molar-refractivity contribution in [1.82, 2.24) is 9.97 Å². The second-order valence-electron chi connectivity index (χ2n) is 10.6. The normalized spacial score (nSPS) is 12.5. The van der Waals surface area contributed by atoms with Crippen LogP contribution in [0.2, 0.25) is 0 Å². The van der Waals surface area contributed by atoms with E-state index in [0.717, 1.165) is 47.4 Å². The molecule has 8 heteroatoms. The lowest BCUT2D eigenvalue weighted by Crippen LogP contribution is -2.30. The third kappa shape index (κ3) is 8.11. The summed E-state index contributed by atoms with van der Waals surface area (Å²) >= 11 is 0. The Morgan fingerprint density at radius 1 is 1.22 bits per heavy atom. The molecule has 0 saturated carbocycles. The number of methoxy groups -OCH3 is 1. The number of carbonyl (C=O) groups is 1. The van der Waals surface area contributed by atoms with Gasteiger partial charge in [0.05, 0.1) is 13.5 Å². The van der Waals surface area contributed by atoms with Crippen molar-refractivity contribution < 1.29 is 14.3 Å². The third-order valence-electron chi connectivity index (χ3n) is 5.94. The van der Waals surface area contributed by atoms with Gasteiger partial charge in [-0.05, 0) is 57.9 Å². The Bertz CT molecular complexity index is 1100. The molecule has 1 heterocycles. The van der Waals surface area contributed by atoms with Gasteiger partial charge in [-0.25, -0.2) is 11.6 Å². The smallest absolute Gasteiger partial charge is 0.308 e. The molecule has 0 bridgehead atoms. The van der Waals surface area contributed by atoms with Gasteiger partial charge in [0, 0.05) is 43.1 Å². The minimum atomic E-state index is -0.659. The van der Waals surface area contributed by atoms with Crippen LogP contribution >= 0.6 is 0 Å². The Morgan fingerprint density at radius 3 is 2.50 bits per heavy atom. The van der Waals surface area contributed by atoms with Gasteiger partial charge in [-0.1, -0.05) is 19.8 Å². The molecule has 1 atom stereocenters. The topological polar surface area (TPSA) is 104 Å². The van der Waals surface area contributed by atoms with E-state index in [9.17, 15) is 4.79 Å². The molecule has 2 rings (SSSR count). The highest BCUT2D eigenvalue weighted by Gasteiger charge is 2.28. The molecule has 0 aliphatic rings. The van der Waals surface area contributed by atoms with Gasteiger partial charge < -0.3 is 25.4 Å². The average molecular weight is 496 g/mol. The minimum absolute atomic E-state index is 0.165. The molecule has 0 amide bonds. The molecule has 0 fully saturated rings. The SMILES string of the molecule is [C-]#[N+]C(C)(C)c1ccc(OC)c(Cc2c(C)nc(N)nc2N[C@@H](CCCC)CC(=O)OC(C)(C)C)c1. The number of nitrogens with one attached hydrogen (secondary N) is 1. The monoisotopic (exact) mass is 495 g/mol. The van der Waals surface area contributed by atoms with Gasteiger partial charge in [-0.2, -0.15) is 4.98 Å². The fourth-order valence-electron chi connectivity index (χ4n) is 3.95. The molecule has 1 aromatic carbocycles. The molecule has 0 saturated heterocycles. The van der Waals surface area contributed by atoms with Crippen molar-refractivity contribution in [3.05, 3.63) is 52.0 Å². The van der Waals surface area contributed by atoms with Crippen LogP contribution in [0.1, 0.15) is 89.6 Å². The van der Waals surface area contributed by atoms with Gasteiger partial charge in [-0.15, -0.1) is 0 Å². The van der Waals surface area contributed by atoms with E-state index in [1.807, 2.05) is 59.7 Å². The first-order valence-electron chi connectivity index (χ1n) is 12.5. The predicted octanol–water partition coefficient (Wildman–Crippen LogP) is 5.82. The summed E-state index contributed by atoms with van der Waals surface area (Å²) in [6.45, 7) is 21.0. The van der Waals surface area contributed by atoms with E-state index in [4.69, 9.17) is 21.8 Å². The fraction of sp³-hybridized carbons (Fsp3) is 0.571. The first kappa shape index (κ1) is 28.9. The molecule has 1 aromatic heterocycles. The summed E-state index contributed by atoms with van der Waals surface area (Å²) in [6, 6.07) is 5.66. The maximum Gasteiger partial charge on any atom is 0.308 e. The summed E-state index contributed by atoms with van der Waals surface area (Å²) in [6.07, 6.45) is 3.45. The van der Waals surface area contributed by atoms with E-state index in [2.05, 4.69) is 27.1 Å². The molecule has 0 unspecified atom stereocenters.